The molecule has 5 rings (SSSR count). The third kappa shape index (κ3) is 20.0. The van der Waals surface area contributed by atoms with Crippen LogP contribution in [-0.4, -0.2) is 152 Å². The number of aliphatic hydroxyl groups is 1. The van der Waals surface area contributed by atoms with Gasteiger partial charge < -0.3 is 66.5 Å². The summed E-state index contributed by atoms with van der Waals surface area (Å²) < 4.78 is 16.9. The van der Waals surface area contributed by atoms with Gasteiger partial charge in [-0.1, -0.05) is 87.9 Å². The van der Waals surface area contributed by atoms with Crippen molar-refractivity contribution in [3.05, 3.63) is 108 Å². The predicted molar refractivity (Wildman–Crippen MR) is 285 cm³/mol. The molecule has 0 saturated carbocycles. The Hall–Kier alpha value is -7.17. The summed E-state index contributed by atoms with van der Waals surface area (Å²) in [6.07, 6.45) is 5.01. The number of hydrogen-bond acceptors (Lipinski definition) is 14. The summed E-state index contributed by atoms with van der Waals surface area (Å²) >= 11 is 0. The molecule has 10 N–H and O–H groups in total. The van der Waals surface area contributed by atoms with Gasteiger partial charge in [0, 0.05) is 68.6 Å². The molecule has 4 aromatic rings. The lowest BCUT2D eigenvalue weighted by atomic mass is 9.95. The minimum Gasteiger partial charge on any atom is -0.467 e. The number of ether oxygens (including phenoxy) is 3. The molecule has 10 atom stereocenters. The van der Waals surface area contributed by atoms with Crippen LogP contribution in [0.25, 0.3) is 0 Å². The van der Waals surface area contributed by atoms with Crippen molar-refractivity contribution in [2.75, 3.05) is 26.8 Å². The number of H-pyrrole nitrogens is 2. The van der Waals surface area contributed by atoms with Crippen LogP contribution in [0, 0.1) is 11.8 Å². The van der Waals surface area contributed by atoms with E-state index in [1.165, 1.54) is 19.8 Å². The van der Waals surface area contributed by atoms with Crippen LogP contribution < -0.4 is 32.3 Å². The zero-order valence-corrected chi connectivity index (χ0v) is 45.3. The van der Waals surface area contributed by atoms with E-state index in [4.69, 9.17) is 19.9 Å². The van der Waals surface area contributed by atoms with Gasteiger partial charge in [0.15, 0.2) is 0 Å². The van der Waals surface area contributed by atoms with E-state index < -0.39 is 96.2 Å². The number of nitrogens with zero attached hydrogens (tertiary/aromatic N) is 3. The molecule has 0 radical (unpaired) electrons. The standard InChI is InChI=1S/C55H79N11O11/c1-8-35(3)48(51(71)63-44(53(73)75-7)23-36-16-11-9-12-17-36)65-47(68)27-45(67)41(56)22-34(2)28-59-49(69)42(25-38-29-57-32-60-38)62-50(70)46(24-37-18-13-10-14-19-37)76-31-40-20-15-21-66(40)52(72)43(26-39-30-58-33-61-39)64-54(74)77-55(4,5)6/h9-14,16-19,29-30,32-35,40-46,48,67H,8,15,20-28,31,56H2,1-7H3,(H,57,60)(H,58,61)(H,59,69)(H,62,70)(H,63,71)(H,64,74)(H,65,68)/t34?,35-,40-,41?,42-,43-,44-,45?,46-,48-/m0/s1. The first kappa shape index (κ1) is 60.7. The average Bonchev–Trinajstić information content (AvgIpc) is 4.22. The molecular formula is C55H79N11O11. The molecule has 6 amide bonds. The van der Waals surface area contributed by atoms with Gasteiger partial charge in [-0.05, 0) is 63.0 Å². The number of rotatable bonds is 29. The Morgan fingerprint density at radius 3 is 1.96 bits per heavy atom. The second-order valence-corrected chi connectivity index (χ2v) is 20.9. The average molecular weight is 1070 g/mol. The smallest absolute Gasteiger partial charge is 0.408 e. The van der Waals surface area contributed by atoms with Crippen LogP contribution in [0.5, 0.6) is 0 Å². The van der Waals surface area contributed by atoms with Gasteiger partial charge in [-0.15, -0.1) is 0 Å². The van der Waals surface area contributed by atoms with Gasteiger partial charge in [-0.3, -0.25) is 24.0 Å². The number of aromatic nitrogens is 4. The summed E-state index contributed by atoms with van der Waals surface area (Å²) in [5.41, 5.74) is 8.45. The lowest BCUT2D eigenvalue weighted by Gasteiger charge is -2.31. The van der Waals surface area contributed by atoms with E-state index in [1.807, 2.05) is 74.5 Å². The number of benzene rings is 2. The summed E-state index contributed by atoms with van der Waals surface area (Å²) in [7, 11) is 1.23. The number of methoxy groups -OCH3 is 1. The second-order valence-electron chi connectivity index (χ2n) is 20.9. The number of carbonyl (C=O) groups is 7. The molecule has 3 unspecified atom stereocenters. The highest BCUT2D eigenvalue weighted by Gasteiger charge is 2.37. The quantitative estimate of drug-likeness (QED) is 0.0353. The number of aromatic amines is 2. The van der Waals surface area contributed by atoms with Crippen LogP contribution in [0.3, 0.4) is 0 Å². The van der Waals surface area contributed by atoms with Gasteiger partial charge >= 0.3 is 12.1 Å². The number of nitrogens with two attached hydrogens (primary N) is 1. The molecule has 2 aromatic heterocycles. The largest absolute Gasteiger partial charge is 0.467 e. The lowest BCUT2D eigenvalue weighted by molar-refractivity contribution is -0.145. The van der Waals surface area contributed by atoms with Crippen LogP contribution >= 0.6 is 0 Å². The zero-order chi connectivity index (χ0) is 56.1. The Balaban J connectivity index is 1.19. The minimum atomic E-state index is -1.31. The Morgan fingerprint density at radius 2 is 1.39 bits per heavy atom. The molecule has 22 nitrogen and oxygen atoms in total. The highest BCUT2D eigenvalue weighted by molar-refractivity contribution is 5.92. The van der Waals surface area contributed by atoms with Gasteiger partial charge in [-0.25, -0.2) is 19.6 Å². The maximum atomic E-state index is 14.4. The highest BCUT2D eigenvalue weighted by Crippen LogP contribution is 2.22. The van der Waals surface area contributed by atoms with Crippen molar-refractivity contribution in [2.24, 2.45) is 17.6 Å². The van der Waals surface area contributed by atoms with Crippen LogP contribution in [0.1, 0.15) is 96.2 Å². The predicted octanol–water partition coefficient (Wildman–Crippen LogP) is 2.57. The number of imidazole rings is 2. The van der Waals surface area contributed by atoms with E-state index in [1.54, 1.807) is 45.0 Å². The van der Waals surface area contributed by atoms with E-state index in [0.29, 0.717) is 37.2 Å². The number of esters is 1. The third-order valence-electron chi connectivity index (χ3n) is 13.4. The fraction of sp³-hybridized carbons (Fsp3) is 0.545. The summed E-state index contributed by atoms with van der Waals surface area (Å²) in [4.78, 5) is 111. The van der Waals surface area contributed by atoms with E-state index in [-0.39, 0.29) is 63.0 Å². The fourth-order valence-corrected chi connectivity index (χ4v) is 8.96. The van der Waals surface area contributed by atoms with Gasteiger partial charge in [0.1, 0.15) is 35.9 Å². The first-order chi connectivity index (χ1) is 36.7. The van der Waals surface area contributed by atoms with Gasteiger partial charge in [-0.2, -0.15) is 0 Å². The maximum absolute atomic E-state index is 14.4. The van der Waals surface area contributed by atoms with E-state index >= 15 is 0 Å². The first-order valence-electron chi connectivity index (χ1n) is 26.4. The van der Waals surface area contributed by atoms with Gasteiger partial charge in [0.05, 0.1) is 44.9 Å². The molecule has 1 saturated heterocycles. The van der Waals surface area contributed by atoms with Crippen LogP contribution in [0.15, 0.2) is 85.7 Å². The minimum absolute atomic E-state index is 0.0109. The summed E-state index contributed by atoms with van der Waals surface area (Å²) in [6.45, 7) is 11.2. The van der Waals surface area contributed by atoms with E-state index in [9.17, 15) is 38.7 Å². The number of carbonyl (C=O) groups excluding carboxylic acids is 7. The Bertz CT molecular complexity index is 2470. The Labute approximate surface area is 450 Å². The van der Waals surface area contributed by atoms with Crippen LogP contribution in [0.2, 0.25) is 0 Å². The SMILES string of the molecule is CC[C@H](C)[C@H](NC(=O)CC(O)C(N)CC(C)CNC(=O)[C@H](Cc1cnc[nH]1)NC(=O)[C@H](Cc1ccccc1)OC[C@@H]1CCCN1C(=O)[C@H](Cc1cnc[nH]1)NC(=O)OC(C)(C)C)C(=O)N[C@@H](Cc1ccccc1)C(=O)OC. The maximum Gasteiger partial charge on any atom is 0.408 e. The Kier molecular flexibility index (Phi) is 23.6. The summed E-state index contributed by atoms with van der Waals surface area (Å²) in [6, 6.07) is 13.0. The lowest BCUT2D eigenvalue weighted by Crippen LogP contribution is -2.55. The molecule has 1 aliphatic rings. The fourth-order valence-electron chi connectivity index (χ4n) is 8.96. The summed E-state index contributed by atoms with van der Waals surface area (Å²) in [5.74, 6) is -3.87. The monoisotopic (exact) mass is 1070 g/mol. The Morgan fingerprint density at radius 1 is 0.792 bits per heavy atom. The molecule has 420 valence electrons. The van der Waals surface area contributed by atoms with Crippen molar-refractivity contribution in [1.82, 2.24) is 51.4 Å². The molecule has 0 spiro atoms. The number of amides is 6. The van der Waals surface area contributed by atoms with Crippen molar-refractivity contribution in [3.8, 4) is 0 Å². The van der Waals surface area contributed by atoms with Crippen LogP contribution in [-0.2, 0) is 68.7 Å². The molecule has 0 aliphatic carbocycles. The molecule has 22 heteroatoms. The third-order valence-corrected chi connectivity index (χ3v) is 13.4. The van der Waals surface area contributed by atoms with E-state index in [0.717, 1.165) is 11.1 Å². The zero-order valence-electron chi connectivity index (χ0n) is 45.3. The van der Waals surface area contributed by atoms with Crippen molar-refractivity contribution in [3.63, 3.8) is 0 Å². The molecule has 0 bridgehead atoms. The van der Waals surface area contributed by atoms with Crippen molar-refractivity contribution in [2.45, 2.75) is 153 Å². The van der Waals surface area contributed by atoms with Crippen molar-refractivity contribution < 1.29 is 52.9 Å². The van der Waals surface area contributed by atoms with Crippen LogP contribution in [0.4, 0.5) is 4.79 Å². The molecule has 1 fully saturated rings. The molecule has 77 heavy (non-hydrogen) atoms. The molecule has 1 aliphatic heterocycles. The highest BCUT2D eigenvalue weighted by atomic mass is 16.6. The molecular weight excluding hydrogens is 991 g/mol. The van der Waals surface area contributed by atoms with Gasteiger partial charge in [0.2, 0.25) is 29.5 Å². The molecule has 2 aromatic carbocycles. The molecule has 3 heterocycles. The topological polar surface area (TPSA) is 314 Å². The van der Waals surface area contributed by atoms with E-state index in [2.05, 4.69) is 46.5 Å². The number of nitrogens with one attached hydrogen (secondary N) is 7. The number of hydrogen-bond donors (Lipinski definition) is 9. The van der Waals surface area contributed by atoms with Gasteiger partial charge in [0.25, 0.3) is 0 Å². The first-order valence-corrected chi connectivity index (χ1v) is 26.4. The van der Waals surface area contributed by atoms with Crippen molar-refractivity contribution >= 4 is 41.6 Å². The number of alkyl carbamates (subject to hydrolysis) is 1. The second kappa shape index (κ2) is 29.9. The van der Waals surface area contributed by atoms with Crippen molar-refractivity contribution in [1.29, 1.82) is 0 Å². The number of aliphatic hydroxyl groups excluding tert-OH is 1. The normalized spacial score (nSPS) is 17.0. The summed E-state index contributed by atoms with van der Waals surface area (Å²) in [5, 5.41) is 25.1. The number of likely N-dealkylation sites (tertiary alicyclic amines) is 1.